The Labute approximate surface area is 123 Å². The molecule has 1 atom stereocenters. The first kappa shape index (κ1) is 15.0. The standard InChI is InChI=1S/C13H20ClN5O/c1-5-8(2)19-7-15-10-9(19)11(17-12(14)16-10)18-13(3,4)6-20/h7-8,20H,5-6H2,1-4H3,(H,16,17,18). The second-order valence-electron chi connectivity index (χ2n) is 5.59. The van der Waals surface area contributed by atoms with Gasteiger partial charge < -0.3 is 15.0 Å². The smallest absolute Gasteiger partial charge is 0.226 e. The van der Waals surface area contributed by atoms with E-state index in [1.807, 2.05) is 18.4 Å². The van der Waals surface area contributed by atoms with Crippen molar-refractivity contribution < 1.29 is 5.11 Å². The summed E-state index contributed by atoms with van der Waals surface area (Å²) in [5.41, 5.74) is 0.863. The highest BCUT2D eigenvalue weighted by Crippen LogP contribution is 2.27. The average molecular weight is 298 g/mol. The van der Waals surface area contributed by atoms with Gasteiger partial charge in [0.15, 0.2) is 11.5 Å². The van der Waals surface area contributed by atoms with E-state index in [9.17, 15) is 5.11 Å². The Morgan fingerprint density at radius 3 is 2.75 bits per heavy atom. The summed E-state index contributed by atoms with van der Waals surface area (Å²) in [5, 5.41) is 12.8. The normalized spacial score (nSPS) is 13.7. The number of nitrogens with zero attached hydrogens (tertiary/aromatic N) is 4. The van der Waals surface area contributed by atoms with Crippen LogP contribution in [0.3, 0.4) is 0 Å². The van der Waals surface area contributed by atoms with Crippen LogP contribution in [0.1, 0.15) is 40.2 Å². The van der Waals surface area contributed by atoms with Gasteiger partial charge in [-0.15, -0.1) is 0 Å². The molecule has 1 unspecified atom stereocenters. The van der Waals surface area contributed by atoms with E-state index in [1.54, 1.807) is 6.33 Å². The number of anilines is 1. The van der Waals surface area contributed by atoms with Crippen molar-refractivity contribution >= 4 is 28.6 Å². The minimum Gasteiger partial charge on any atom is -0.394 e. The van der Waals surface area contributed by atoms with Gasteiger partial charge in [0.1, 0.15) is 5.52 Å². The van der Waals surface area contributed by atoms with Crippen LogP contribution in [-0.2, 0) is 0 Å². The maximum Gasteiger partial charge on any atom is 0.226 e. The number of hydrogen-bond donors (Lipinski definition) is 2. The van der Waals surface area contributed by atoms with Gasteiger partial charge >= 0.3 is 0 Å². The van der Waals surface area contributed by atoms with Crippen molar-refractivity contribution in [2.45, 2.75) is 45.7 Å². The van der Waals surface area contributed by atoms with Gasteiger partial charge in [-0.05, 0) is 38.8 Å². The fraction of sp³-hybridized carbons (Fsp3) is 0.615. The predicted molar refractivity (Wildman–Crippen MR) is 80.1 cm³/mol. The van der Waals surface area contributed by atoms with E-state index in [2.05, 4.69) is 34.1 Å². The maximum atomic E-state index is 9.41. The van der Waals surface area contributed by atoms with Crippen molar-refractivity contribution in [3.8, 4) is 0 Å². The van der Waals surface area contributed by atoms with Gasteiger partial charge in [0.2, 0.25) is 5.28 Å². The highest BCUT2D eigenvalue weighted by atomic mass is 35.5. The van der Waals surface area contributed by atoms with Gasteiger partial charge in [-0.1, -0.05) is 6.92 Å². The van der Waals surface area contributed by atoms with Gasteiger partial charge in [0.25, 0.3) is 0 Å². The molecule has 2 rings (SSSR count). The third-order valence-electron chi connectivity index (χ3n) is 3.32. The molecule has 110 valence electrons. The quantitative estimate of drug-likeness (QED) is 0.830. The largest absolute Gasteiger partial charge is 0.394 e. The Kier molecular flexibility index (Phi) is 4.15. The van der Waals surface area contributed by atoms with Crippen LogP contribution in [0.5, 0.6) is 0 Å². The molecule has 0 aliphatic carbocycles. The van der Waals surface area contributed by atoms with E-state index in [0.717, 1.165) is 11.9 Å². The van der Waals surface area contributed by atoms with Crippen molar-refractivity contribution in [2.75, 3.05) is 11.9 Å². The Hall–Kier alpha value is -1.40. The van der Waals surface area contributed by atoms with Crippen molar-refractivity contribution in [2.24, 2.45) is 0 Å². The van der Waals surface area contributed by atoms with Crippen LogP contribution >= 0.6 is 11.6 Å². The van der Waals surface area contributed by atoms with Crippen molar-refractivity contribution in [1.29, 1.82) is 0 Å². The number of halogens is 1. The summed E-state index contributed by atoms with van der Waals surface area (Å²) < 4.78 is 2.03. The van der Waals surface area contributed by atoms with Gasteiger partial charge in [0.05, 0.1) is 18.5 Å². The second-order valence-corrected chi connectivity index (χ2v) is 5.93. The van der Waals surface area contributed by atoms with Crippen molar-refractivity contribution in [1.82, 2.24) is 19.5 Å². The molecule has 0 radical (unpaired) electrons. The Balaban J connectivity index is 2.59. The molecule has 6 nitrogen and oxygen atoms in total. The summed E-state index contributed by atoms with van der Waals surface area (Å²) in [6.45, 7) is 7.97. The topological polar surface area (TPSA) is 75.9 Å². The molecule has 0 fully saturated rings. The Morgan fingerprint density at radius 2 is 2.15 bits per heavy atom. The average Bonchev–Trinajstić information content (AvgIpc) is 2.81. The first-order valence-corrected chi connectivity index (χ1v) is 7.05. The molecule has 2 aromatic rings. The monoisotopic (exact) mass is 297 g/mol. The number of rotatable bonds is 5. The van der Waals surface area contributed by atoms with Gasteiger partial charge in [-0.3, -0.25) is 0 Å². The molecule has 2 aromatic heterocycles. The number of aliphatic hydroxyl groups is 1. The predicted octanol–water partition coefficient (Wildman–Crippen LogP) is 2.63. The number of fused-ring (bicyclic) bond motifs is 1. The first-order chi connectivity index (χ1) is 9.38. The van der Waals surface area contributed by atoms with Crippen LogP contribution in [-0.4, -0.2) is 36.8 Å². The van der Waals surface area contributed by atoms with Gasteiger partial charge in [0, 0.05) is 6.04 Å². The van der Waals surface area contributed by atoms with Gasteiger partial charge in [-0.2, -0.15) is 9.97 Å². The van der Waals surface area contributed by atoms with Crippen LogP contribution in [0.4, 0.5) is 5.82 Å². The minimum atomic E-state index is -0.505. The zero-order chi connectivity index (χ0) is 14.9. The SMILES string of the molecule is CCC(C)n1cnc2nc(Cl)nc(NC(C)(C)CO)c21. The summed E-state index contributed by atoms with van der Waals surface area (Å²) in [4.78, 5) is 12.7. The van der Waals surface area contributed by atoms with Gasteiger partial charge in [-0.25, -0.2) is 4.98 Å². The van der Waals surface area contributed by atoms with E-state index >= 15 is 0 Å². The zero-order valence-electron chi connectivity index (χ0n) is 12.2. The molecule has 2 N–H and O–H groups in total. The van der Waals surface area contributed by atoms with Crippen LogP contribution in [0.25, 0.3) is 11.2 Å². The summed E-state index contributed by atoms with van der Waals surface area (Å²) in [7, 11) is 0. The number of imidazole rings is 1. The summed E-state index contributed by atoms with van der Waals surface area (Å²) in [5.74, 6) is 0.594. The molecule has 0 aliphatic rings. The molecule has 0 saturated carbocycles. The van der Waals surface area contributed by atoms with E-state index in [4.69, 9.17) is 11.6 Å². The molecule has 7 heteroatoms. The molecule has 0 spiro atoms. The fourth-order valence-corrected chi connectivity index (χ4v) is 2.06. The Bertz CT molecular complexity index is 610. The van der Waals surface area contributed by atoms with E-state index in [0.29, 0.717) is 11.5 Å². The number of nitrogens with one attached hydrogen (secondary N) is 1. The third kappa shape index (κ3) is 2.86. The first-order valence-electron chi connectivity index (χ1n) is 6.67. The summed E-state index contributed by atoms with van der Waals surface area (Å²) in [6.07, 6.45) is 2.72. The van der Waals surface area contributed by atoms with E-state index < -0.39 is 5.54 Å². The lowest BCUT2D eigenvalue weighted by Crippen LogP contribution is -2.35. The molecular formula is C13H20ClN5O. The Morgan fingerprint density at radius 1 is 1.45 bits per heavy atom. The number of aliphatic hydroxyl groups excluding tert-OH is 1. The minimum absolute atomic E-state index is 0.0203. The van der Waals surface area contributed by atoms with Crippen molar-refractivity contribution in [3.05, 3.63) is 11.6 Å². The molecular weight excluding hydrogens is 278 g/mol. The molecule has 20 heavy (non-hydrogen) atoms. The third-order valence-corrected chi connectivity index (χ3v) is 3.49. The molecule has 0 bridgehead atoms. The van der Waals surface area contributed by atoms with E-state index in [-0.39, 0.29) is 17.9 Å². The highest BCUT2D eigenvalue weighted by Gasteiger charge is 2.22. The van der Waals surface area contributed by atoms with Crippen LogP contribution in [0.15, 0.2) is 6.33 Å². The molecule has 2 heterocycles. The number of hydrogen-bond acceptors (Lipinski definition) is 5. The lowest BCUT2D eigenvalue weighted by Gasteiger charge is -2.25. The zero-order valence-corrected chi connectivity index (χ0v) is 12.9. The molecule has 0 aromatic carbocycles. The van der Waals surface area contributed by atoms with Crippen LogP contribution in [0, 0.1) is 0 Å². The summed E-state index contributed by atoms with van der Waals surface area (Å²) >= 11 is 5.94. The molecule has 0 saturated heterocycles. The van der Waals surface area contributed by atoms with Crippen LogP contribution in [0.2, 0.25) is 5.28 Å². The fourth-order valence-electron chi connectivity index (χ4n) is 1.90. The molecule has 0 amide bonds. The van der Waals surface area contributed by atoms with Crippen molar-refractivity contribution in [3.63, 3.8) is 0 Å². The second kappa shape index (κ2) is 5.54. The maximum absolute atomic E-state index is 9.41. The van der Waals surface area contributed by atoms with Crippen LogP contribution < -0.4 is 5.32 Å². The molecule has 0 aliphatic heterocycles. The lowest BCUT2D eigenvalue weighted by atomic mass is 10.1. The lowest BCUT2D eigenvalue weighted by molar-refractivity contribution is 0.234. The number of aromatic nitrogens is 4. The highest BCUT2D eigenvalue weighted by molar-refractivity contribution is 6.28. The summed E-state index contributed by atoms with van der Waals surface area (Å²) in [6, 6.07) is 0.280. The van der Waals surface area contributed by atoms with E-state index in [1.165, 1.54) is 0 Å².